The van der Waals surface area contributed by atoms with E-state index in [9.17, 15) is 4.79 Å². The van der Waals surface area contributed by atoms with Gasteiger partial charge in [-0.1, -0.05) is 19.9 Å². The summed E-state index contributed by atoms with van der Waals surface area (Å²) in [5, 5.41) is 0. The number of amides is 1. The largest absolute Gasteiger partial charge is 0.335 e. The molecule has 2 rings (SSSR count). The molecule has 0 saturated heterocycles. The van der Waals surface area contributed by atoms with Gasteiger partial charge in [-0.15, -0.1) is 0 Å². The molecule has 0 spiro atoms. The third-order valence-corrected chi connectivity index (χ3v) is 3.55. The molecule has 0 atom stereocenters. The van der Waals surface area contributed by atoms with Crippen LogP contribution >= 0.6 is 22.6 Å². The Morgan fingerprint density at radius 3 is 2.71 bits per heavy atom. The zero-order chi connectivity index (χ0) is 12.4. The van der Waals surface area contributed by atoms with Crippen LogP contribution in [0.5, 0.6) is 0 Å². The molecule has 92 valence electrons. The quantitative estimate of drug-likeness (QED) is 0.766. The molecule has 0 bridgehead atoms. The van der Waals surface area contributed by atoms with Crippen molar-refractivity contribution in [1.82, 2.24) is 4.90 Å². The van der Waals surface area contributed by atoms with E-state index in [0.29, 0.717) is 12.0 Å². The summed E-state index contributed by atoms with van der Waals surface area (Å²) in [4.78, 5) is 14.5. The summed E-state index contributed by atoms with van der Waals surface area (Å²) in [6, 6.07) is 8.35. The van der Waals surface area contributed by atoms with Crippen molar-refractivity contribution in [2.24, 2.45) is 5.92 Å². The van der Waals surface area contributed by atoms with Gasteiger partial charge in [0.15, 0.2) is 0 Å². The summed E-state index contributed by atoms with van der Waals surface area (Å²) >= 11 is 2.25. The Bertz CT molecular complexity index is 412. The molecule has 0 aliphatic heterocycles. The predicted molar refractivity (Wildman–Crippen MR) is 78.1 cm³/mol. The molecule has 1 aromatic carbocycles. The van der Waals surface area contributed by atoms with Gasteiger partial charge < -0.3 is 4.90 Å². The van der Waals surface area contributed by atoms with Crippen molar-refractivity contribution in [2.45, 2.75) is 32.7 Å². The third-order valence-electron chi connectivity index (χ3n) is 2.88. The number of hydrogen-bond acceptors (Lipinski definition) is 1. The molecule has 1 aliphatic rings. The van der Waals surface area contributed by atoms with E-state index < -0.39 is 0 Å². The Morgan fingerprint density at radius 1 is 1.47 bits per heavy atom. The van der Waals surface area contributed by atoms with Gasteiger partial charge in [0.2, 0.25) is 0 Å². The average Bonchev–Trinajstić information content (AvgIpc) is 3.08. The fourth-order valence-corrected chi connectivity index (χ4v) is 2.51. The van der Waals surface area contributed by atoms with Gasteiger partial charge in [0.05, 0.1) is 0 Å². The summed E-state index contributed by atoms with van der Waals surface area (Å²) in [7, 11) is 0. The minimum Gasteiger partial charge on any atom is -0.335 e. The molecule has 1 fully saturated rings. The minimum absolute atomic E-state index is 0.194. The van der Waals surface area contributed by atoms with E-state index in [1.807, 2.05) is 24.3 Å². The highest BCUT2D eigenvalue weighted by atomic mass is 127. The Morgan fingerprint density at radius 2 is 2.18 bits per heavy atom. The zero-order valence-corrected chi connectivity index (χ0v) is 12.5. The Balaban J connectivity index is 2.15. The standard InChI is InChI=1S/C14H18INO/c1-10(2)9-16(13-6-7-13)14(17)11-4-3-5-12(15)8-11/h3-5,8,10,13H,6-7,9H2,1-2H3. The van der Waals surface area contributed by atoms with Crippen LogP contribution < -0.4 is 0 Å². The number of nitrogens with zero attached hydrogens (tertiary/aromatic N) is 1. The van der Waals surface area contributed by atoms with Crippen LogP contribution in [0.1, 0.15) is 37.0 Å². The highest BCUT2D eigenvalue weighted by molar-refractivity contribution is 14.1. The van der Waals surface area contributed by atoms with Crippen LogP contribution in [0.3, 0.4) is 0 Å². The lowest BCUT2D eigenvalue weighted by Gasteiger charge is -2.24. The lowest BCUT2D eigenvalue weighted by atomic mass is 10.1. The molecular weight excluding hydrogens is 325 g/mol. The van der Waals surface area contributed by atoms with Crippen LogP contribution in [-0.2, 0) is 0 Å². The van der Waals surface area contributed by atoms with Crippen LogP contribution in [0, 0.1) is 9.49 Å². The first-order valence-corrected chi connectivity index (χ1v) is 7.22. The Hall–Kier alpha value is -0.580. The Labute approximate surface area is 117 Å². The first kappa shape index (κ1) is 12.9. The fourth-order valence-electron chi connectivity index (χ4n) is 1.96. The molecule has 1 aliphatic carbocycles. The summed E-state index contributed by atoms with van der Waals surface area (Å²) in [5.74, 6) is 0.724. The molecule has 1 saturated carbocycles. The van der Waals surface area contributed by atoms with Gasteiger partial charge >= 0.3 is 0 Å². The fraction of sp³-hybridized carbons (Fsp3) is 0.500. The monoisotopic (exact) mass is 343 g/mol. The van der Waals surface area contributed by atoms with Crippen molar-refractivity contribution in [1.29, 1.82) is 0 Å². The second-order valence-corrected chi connectivity index (χ2v) is 6.34. The SMILES string of the molecule is CC(C)CN(C(=O)c1cccc(I)c1)C1CC1. The third kappa shape index (κ3) is 3.44. The van der Waals surface area contributed by atoms with E-state index in [0.717, 1.165) is 15.7 Å². The first-order chi connectivity index (χ1) is 8.08. The van der Waals surface area contributed by atoms with E-state index in [2.05, 4.69) is 41.3 Å². The van der Waals surface area contributed by atoms with Gasteiger partial charge in [-0.3, -0.25) is 4.79 Å². The number of hydrogen-bond donors (Lipinski definition) is 0. The highest BCUT2D eigenvalue weighted by Gasteiger charge is 2.33. The number of carbonyl (C=O) groups excluding carboxylic acids is 1. The van der Waals surface area contributed by atoms with Crippen LogP contribution in [0.15, 0.2) is 24.3 Å². The second-order valence-electron chi connectivity index (χ2n) is 5.09. The molecule has 0 N–H and O–H groups in total. The summed E-state index contributed by atoms with van der Waals surface area (Å²) in [5.41, 5.74) is 0.824. The maximum Gasteiger partial charge on any atom is 0.254 e. The predicted octanol–water partition coefficient (Wildman–Crippen LogP) is 3.55. The summed E-state index contributed by atoms with van der Waals surface area (Å²) in [6.45, 7) is 5.20. The van der Waals surface area contributed by atoms with Gasteiger partial charge in [0, 0.05) is 21.7 Å². The number of rotatable bonds is 4. The lowest BCUT2D eigenvalue weighted by molar-refractivity contribution is 0.0722. The van der Waals surface area contributed by atoms with E-state index >= 15 is 0 Å². The molecule has 3 heteroatoms. The number of halogens is 1. The lowest BCUT2D eigenvalue weighted by Crippen LogP contribution is -2.36. The molecule has 0 aromatic heterocycles. The van der Waals surface area contributed by atoms with E-state index in [4.69, 9.17) is 0 Å². The molecule has 0 unspecified atom stereocenters. The second kappa shape index (κ2) is 5.38. The average molecular weight is 343 g/mol. The van der Waals surface area contributed by atoms with E-state index in [-0.39, 0.29) is 5.91 Å². The normalized spacial score (nSPS) is 15.1. The van der Waals surface area contributed by atoms with Gasteiger partial charge in [-0.05, 0) is 59.5 Å². The molecule has 2 nitrogen and oxygen atoms in total. The van der Waals surface area contributed by atoms with Crippen molar-refractivity contribution in [3.63, 3.8) is 0 Å². The number of benzene rings is 1. The maximum absolute atomic E-state index is 12.4. The molecular formula is C14H18INO. The maximum atomic E-state index is 12.4. The van der Waals surface area contributed by atoms with Crippen molar-refractivity contribution < 1.29 is 4.79 Å². The minimum atomic E-state index is 0.194. The zero-order valence-electron chi connectivity index (χ0n) is 10.3. The topological polar surface area (TPSA) is 20.3 Å². The van der Waals surface area contributed by atoms with Crippen molar-refractivity contribution in [3.05, 3.63) is 33.4 Å². The highest BCUT2D eigenvalue weighted by Crippen LogP contribution is 2.29. The van der Waals surface area contributed by atoms with Crippen LogP contribution in [0.25, 0.3) is 0 Å². The summed E-state index contributed by atoms with van der Waals surface area (Å²) in [6.07, 6.45) is 2.34. The van der Waals surface area contributed by atoms with Crippen LogP contribution in [0.2, 0.25) is 0 Å². The van der Waals surface area contributed by atoms with E-state index in [1.54, 1.807) is 0 Å². The van der Waals surface area contributed by atoms with Crippen molar-refractivity contribution in [3.8, 4) is 0 Å². The smallest absolute Gasteiger partial charge is 0.254 e. The molecule has 0 heterocycles. The van der Waals surface area contributed by atoms with Gasteiger partial charge in [0.25, 0.3) is 5.91 Å². The van der Waals surface area contributed by atoms with Crippen molar-refractivity contribution in [2.75, 3.05) is 6.54 Å². The van der Waals surface area contributed by atoms with Gasteiger partial charge in [0.1, 0.15) is 0 Å². The first-order valence-electron chi connectivity index (χ1n) is 6.14. The molecule has 0 radical (unpaired) electrons. The molecule has 1 aromatic rings. The number of carbonyl (C=O) groups is 1. The van der Waals surface area contributed by atoms with Gasteiger partial charge in [-0.2, -0.15) is 0 Å². The van der Waals surface area contributed by atoms with Crippen molar-refractivity contribution >= 4 is 28.5 Å². The Kier molecular flexibility index (Phi) is 4.07. The van der Waals surface area contributed by atoms with Crippen LogP contribution in [-0.4, -0.2) is 23.4 Å². The summed E-state index contributed by atoms with van der Waals surface area (Å²) < 4.78 is 1.12. The van der Waals surface area contributed by atoms with E-state index in [1.165, 1.54) is 12.8 Å². The van der Waals surface area contributed by atoms with Gasteiger partial charge in [-0.25, -0.2) is 0 Å². The molecule has 17 heavy (non-hydrogen) atoms. The van der Waals surface area contributed by atoms with Crippen LogP contribution in [0.4, 0.5) is 0 Å². The molecule has 1 amide bonds.